The molecule has 0 spiro atoms. The Balaban J connectivity index is 4.85. The Hall–Kier alpha value is -0.710. The summed E-state index contributed by atoms with van der Waals surface area (Å²) >= 11 is 0. The molecular weight excluding hydrogens is 260 g/mol. The van der Waals surface area contributed by atoms with Crippen LogP contribution >= 0.6 is 0 Å². The highest BCUT2D eigenvalue weighted by Gasteiger charge is 2.26. The van der Waals surface area contributed by atoms with Crippen LogP contribution in [0.5, 0.6) is 0 Å². The van der Waals surface area contributed by atoms with Gasteiger partial charge in [-0.3, -0.25) is 0 Å². The highest BCUT2D eigenvalue weighted by molar-refractivity contribution is 7.89. The first kappa shape index (κ1) is 15.3. The second-order valence-corrected chi connectivity index (χ2v) is 6.53. The Morgan fingerprint density at radius 3 is 1.75 bits per heavy atom. The van der Waals surface area contributed by atoms with Gasteiger partial charge in [0, 0.05) is 0 Å². The van der Waals surface area contributed by atoms with E-state index in [-0.39, 0.29) is 6.61 Å². The van der Waals surface area contributed by atoms with Gasteiger partial charge in [0.2, 0.25) is 20.0 Å². The lowest BCUT2D eigenvalue weighted by Gasteiger charge is -2.15. The molecule has 0 aliphatic carbocycles. The maximum atomic E-state index is 11.2. The van der Waals surface area contributed by atoms with E-state index in [1.807, 2.05) is 0 Å². The Kier molecular flexibility index (Phi) is 5.32. The van der Waals surface area contributed by atoms with Gasteiger partial charge < -0.3 is 4.74 Å². The summed E-state index contributed by atoms with van der Waals surface area (Å²) in [6.07, 6.45) is -0.0585. The van der Waals surface area contributed by atoms with Gasteiger partial charge in [-0.15, -0.1) is 0 Å². The van der Waals surface area contributed by atoms with Gasteiger partial charge in [-0.2, -0.15) is 9.44 Å². The Bertz CT molecular complexity index is 406. The van der Waals surface area contributed by atoms with Crippen molar-refractivity contribution in [2.75, 3.05) is 19.1 Å². The molecular formula is C6H14N2O6S2. The fourth-order valence-electron chi connectivity index (χ4n) is 0.774. The van der Waals surface area contributed by atoms with Gasteiger partial charge in [-0.05, 0) is 6.92 Å². The summed E-state index contributed by atoms with van der Waals surface area (Å²) in [6, 6.07) is 0. The lowest BCUT2D eigenvalue weighted by molar-refractivity contribution is -0.145. The molecule has 0 aliphatic rings. The van der Waals surface area contributed by atoms with Crippen LogP contribution in [0.1, 0.15) is 6.92 Å². The van der Waals surface area contributed by atoms with E-state index in [4.69, 9.17) is 0 Å². The molecule has 0 fully saturated rings. The van der Waals surface area contributed by atoms with Crippen LogP contribution in [0, 0.1) is 0 Å². The van der Waals surface area contributed by atoms with E-state index in [1.165, 1.54) is 6.92 Å². The standard InChI is InChI=1S/C6H14N2O6S2/c1-4-14-6(9)5(7-15(2,10)11)8-16(3,12)13/h5,7-8H,4H2,1-3H3. The van der Waals surface area contributed by atoms with Crippen molar-refractivity contribution >= 4 is 26.0 Å². The Labute approximate surface area is 94.5 Å². The fraction of sp³-hybridized carbons (Fsp3) is 0.833. The maximum absolute atomic E-state index is 11.2. The predicted octanol–water partition coefficient (Wildman–Crippen LogP) is -2.03. The molecule has 0 aromatic heterocycles. The van der Waals surface area contributed by atoms with E-state index in [1.54, 1.807) is 9.44 Å². The van der Waals surface area contributed by atoms with Crippen molar-refractivity contribution in [1.29, 1.82) is 0 Å². The molecule has 10 heteroatoms. The van der Waals surface area contributed by atoms with Crippen molar-refractivity contribution in [1.82, 2.24) is 9.44 Å². The van der Waals surface area contributed by atoms with E-state index >= 15 is 0 Å². The molecule has 0 aromatic carbocycles. The average molecular weight is 274 g/mol. The molecule has 0 amide bonds. The molecule has 0 aliphatic heterocycles. The molecule has 0 atom stereocenters. The molecule has 0 unspecified atom stereocenters. The van der Waals surface area contributed by atoms with Crippen LogP contribution in [0.25, 0.3) is 0 Å². The van der Waals surface area contributed by atoms with Crippen LogP contribution in [-0.2, 0) is 29.6 Å². The first-order valence-corrected chi connectivity index (χ1v) is 7.94. The van der Waals surface area contributed by atoms with Crippen molar-refractivity contribution in [2.45, 2.75) is 13.1 Å². The van der Waals surface area contributed by atoms with Crippen molar-refractivity contribution in [3.8, 4) is 0 Å². The smallest absolute Gasteiger partial charge is 0.340 e. The second-order valence-electron chi connectivity index (χ2n) is 2.97. The van der Waals surface area contributed by atoms with Crippen molar-refractivity contribution < 1.29 is 26.4 Å². The minimum atomic E-state index is -3.74. The van der Waals surface area contributed by atoms with Crippen LogP contribution < -0.4 is 9.44 Å². The van der Waals surface area contributed by atoms with E-state index in [0.29, 0.717) is 0 Å². The topological polar surface area (TPSA) is 119 Å². The summed E-state index contributed by atoms with van der Waals surface area (Å²) in [7, 11) is -7.47. The highest BCUT2D eigenvalue weighted by atomic mass is 32.2. The van der Waals surface area contributed by atoms with Crippen LogP contribution in [0.15, 0.2) is 0 Å². The largest absolute Gasteiger partial charge is 0.464 e. The quantitative estimate of drug-likeness (QED) is 0.426. The number of carbonyl (C=O) groups excluding carboxylic acids is 1. The third-order valence-corrected chi connectivity index (χ3v) is 2.51. The molecule has 0 rings (SSSR count). The summed E-state index contributed by atoms with van der Waals surface area (Å²) in [5.41, 5.74) is 0. The van der Waals surface area contributed by atoms with Gasteiger partial charge in [-0.25, -0.2) is 21.6 Å². The van der Waals surface area contributed by atoms with Crippen molar-refractivity contribution in [3.05, 3.63) is 0 Å². The van der Waals surface area contributed by atoms with Crippen LogP contribution in [0.4, 0.5) is 0 Å². The van der Waals surface area contributed by atoms with Crippen molar-refractivity contribution in [3.63, 3.8) is 0 Å². The maximum Gasteiger partial charge on any atom is 0.340 e. The third-order valence-electron chi connectivity index (χ3n) is 1.19. The number of esters is 1. The first-order valence-electron chi connectivity index (χ1n) is 4.16. The number of hydrogen-bond donors (Lipinski definition) is 2. The number of hydrogen-bond acceptors (Lipinski definition) is 6. The second kappa shape index (κ2) is 5.57. The number of nitrogens with one attached hydrogen (secondary N) is 2. The molecule has 96 valence electrons. The molecule has 0 saturated heterocycles. The Morgan fingerprint density at radius 2 is 1.50 bits per heavy atom. The number of sulfonamides is 2. The minimum absolute atomic E-state index is 0.00617. The summed E-state index contributed by atoms with van der Waals surface area (Å²) in [5.74, 6) is -1.02. The normalized spacial score (nSPS) is 12.8. The first-order chi connectivity index (χ1) is 7.05. The zero-order chi connectivity index (χ0) is 13.0. The summed E-state index contributed by atoms with van der Waals surface area (Å²) < 4.78 is 51.6. The number of carbonyl (C=O) groups is 1. The minimum Gasteiger partial charge on any atom is -0.464 e. The van der Waals surface area contributed by atoms with Crippen molar-refractivity contribution in [2.24, 2.45) is 0 Å². The van der Waals surface area contributed by atoms with Gasteiger partial charge in [0.05, 0.1) is 19.1 Å². The number of rotatable bonds is 6. The molecule has 0 bridgehead atoms. The van der Waals surface area contributed by atoms with E-state index in [9.17, 15) is 21.6 Å². The van der Waals surface area contributed by atoms with E-state index < -0.39 is 32.2 Å². The zero-order valence-corrected chi connectivity index (χ0v) is 10.7. The zero-order valence-electron chi connectivity index (χ0n) is 9.05. The lowest BCUT2D eigenvalue weighted by Crippen LogP contribution is -2.52. The third kappa shape index (κ3) is 7.56. The van der Waals surface area contributed by atoms with Gasteiger partial charge in [0.1, 0.15) is 0 Å². The molecule has 0 heterocycles. The molecule has 8 nitrogen and oxygen atoms in total. The monoisotopic (exact) mass is 274 g/mol. The van der Waals surface area contributed by atoms with Crippen LogP contribution in [-0.4, -0.2) is 48.1 Å². The average Bonchev–Trinajstić information content (AvgIpc) is 1.97. The molecule has 2 N–H and O–H groups in total. The fourth-order valence-corrected chi connectivity index (χ4v) is 2.02. The SMILES string of the molecule is CCOC(=O)C(NS(C)(=O)=O)NS(C)(=O)=O. The molecule has 0 saturated carbocycles. The predicted molar refractivity (Wildman–Crippen MR) is 56.4 cm³/mol. The number of ether oxygens (including phenoxy) is 1. The van der Waals surface area contributed by atoms with Gasteiger partial charge in [0.25, 0.3) is 0 Å². The molecule has 0 aromatic rings. The summed E-state index contributed by atoms with van der Waals surface area (Å²) in [5, 5.41) is 0. The van der Waals surface area contributed by atoms with Gasteiger partial charge >= 0.3 is 5.97 Å². The van der Waals surface area contributed by atoms with Gasteiger partial charge in [-0.1, -0.05) is 0 Å². The van der Waals surface area contributed by atoms with Crippen LogP contribution in [0.2, 0.25) is 0 Å². The Morgan fingerprint density at radius 1 is 1.12 bits per heavy atom. The van der Waals surface area contributed by atoms with Crippen LogP contribution in [0.3, 0.4) is 0 Å². The summed E-state index contributed by atoms with van der Waals surface area (Å²) in [4.78, 5) is 11.2. The van der Waals surface area contributed by atoms with E-state index in [0.717, 1.165) is 12.5 Å². The van der Waals surface area contributed by atoms with Gasteiger partial charge in [0.15, 0.2) is 6.17 Å². The van der Waals surface area contributed by atoms with E-state index in [2.05, 4.69) is 4.74 Å². The summed E-state index contributed by atoms with van der Waals surface area (Å²) in [6.45, 7) is 1.52. The highest BCUT2D eigenvalue weighted by Crippen LogP contribution is 1.91. The molecule has 16 heavy (non-hydrogen) atoms. The molecule has 0 radical (unpaired) electrons. The lowest BCUT2D eigenvalue weighted by atomic mass is 10.5.